The predicted octanol–water partition coefficient (Wildman–Crippen LogP) is 2.72. The molecular formula is C14H18N2O2S. The molecule has 0 aliphatic heterocycles. The minimum atomic E-state index is -0.325. The van der Waals surface area contributed by atoms with Crippen LogP contribution in [0, 0.1) is 0 Å². The third kappa shape index (κ3) is 5.52. The molecule has 0 bridgehead atoms. The van der Waals surface area contributed by atoms with Crippen LogP contribution in [0.25, 0.3) is 0 Å². The first kappa shape index (κ1) is 15.2. The van der Waals surface area contributed by atoms with Crippen LogP contribution in [0.1, 0.15) is 24.2 Å². The summed E-state index contributed by atoms with van der Waals surface area (Å²) >= 11 is 5.08. The number of rotatable bonds is 5. The highest BCUT2D eigenvalue weighted by Crippen LogP contribution is 2.11. The zero-order valence-corrected chi connectivity index (χ0v) is 11.9. The number of carbonyl (C=O) groups is 1. The van der Waals surface area contributed by atoms with Gasteiger partial charge >= 0.3 is 5.97 Å². The fourth-order valence-electron chi connectivity index (χ4n) is 1.31. The number of anilines is 1. The first-order valence-corrected chi connectivity index (χ1v) is 6.40. The van der Waals surface area contributed by atoms with Crippen LogP contribution in [0.3, 0.4) is 0 Å². The topological polar surface area (TPSA) is 50.4 Å². The van der Waals surface area contributed by atoms with Gasteiger partial charge in [-0.25, -0.2) is 4.79 Å². The fraction of sp³-hybridized carbons (Fsp3) is 0.286. The van der Waals surface area contributed by atoms with Gasteiger partial charge in [-0.2, -0.15) is 0 Å². The van der Waals surface area contributed by atoms with Gasteiger partial charge < -0.3 is 15.4 Å². The monoisotopic (exact) mass is 278 g/mol. The van der Waals surface area contributed by atoms with E-state index in [0.29, 0.717) is 17.2 Å². The quantitative estimate of drug-likeness (QED) is 0.493. The molecule has 2 N–H and O–H groups in total. The van der Waals surface area contributed by atoms with Crippen molar-refractivity contribution < 1.29 is 9.53 Å². The van der Waals surface area contributed by atoms with Crippen molar-refractivity contribution >= 4 is 29.0 Å². The molecule has 4 nitrogen and oxygen atoms in total. The van der Waals surface area contributed by atoms with E-state index in [1.165, 1.54) is 0 Å². The Morgan fingerprint density at radius 2 is 2.05 bits per heavy atom. The molecule has 0 unspecified atom stereocenters. The van der Waals surface area contributed by atoms with Crippen molar-refractivity contribution in [2.24, 2.45) is 0 Å². The lowest BCUT2D eigenvalue weighted by Gasteiger charge is -2.10. The molecule has 19 heavy (non-hydrogen) atoms. The number of esters is 1. The maximum atomic E-state index is 11.6. The van der Waals surface area contributed by atoms with Crippen LogP contribution in [0.15, 0.2) is 36.9 Å². The Morgan fingerprint density at radius 1 is 1.42 bits per heavy atom. The summed E-state index contributed by atoms with van der Waals surface area (Å²) in [5.74, 6) is -0.325. The third-order valence-electron chi connectivity index (χ3n) is 2.13. The van der Waals surface area contributed by atoms with E-state index in [1.54, 1.807) is 30.3 Å². The Balaban J connectivity index is 2.58. The first-order chi connectivity index (χ1) is 9.02. The molecule has 1 aromatic carbocycles. The lowest BCUT2D eigenvalue weighted by Crippen LogP contribution is -2.28. The molecule has 0 saturated carbocycles. The maximum Gasteiger partial charge on any atom is 0.338 e. The normalized spacial score (nSPS) is 9.84. The number of thiocarbonyl (C=S) groups is 1. The molecule has 102 valence electrons. The van der Waals surface area contributed by atoms with E-state index in [9.17, 15) is 4.79 Å². The Labute approximate surface area is 118 Å². The second kappa shape index (κ2) is 7.53. The van der Waals surface area contributed by atoms with Gasteiger partial charge in [-0.15, -0.1) is 6.58 Å². The van der Waals surface area contributed by atoms with E-state index < -0.39 is 0 Å². The molecule has 0 saturated heterocycles. The summed E-state index contributed by atoms with van der Waals surface area (Å²) < 4.78 is 5.10. The molecule has 0 radical (unpaired) electrons. The Bertz CT molecular complexity index is 455. The number of nitrogens with one attached hydrogen (secondary N) is 2. The Hall–Kier alpha value is -1.88. The van der Waals surface area contributed by atoms with E-state index in [2.05, 4.69) is 17.2 Å². The van der Waals surface area contributed by atoms with Crippen LogP contribution >= 0.6 is 12.2 Å². The van der Waals surface area contributed by atoms with Crippen molar-refractivity contribution in [3.8, 4) is 0 Å². The van der Waals surface area contributed by atoms with Crippen LogP contribution in [-0.4, -0.2) is 23.7 Å². The van der Waals surface area contributed by atoms with E-state index in [-0.39, 0.29) is 12.1 Å². The van der Waals surface area contributed by atoms with Gasteiger partial charge in [0.15, 0.2) is 5.11 Å². The summed E-state index contributed by atoms with van der Waals surface area (Å²) in [6.45, 7) is 7.83. The smallest absolute Gasteiger partial charge is 0.338 e. The molecule has 0 spiro atoms. The van der Waals surface area contributed by atoms with Gasteiger partial charge in [0.1, 0.15) is 0 Å². The van der Waals surface area contributed by atoms with Gasteiger partial charge in [-0.3, -0.25) is 0 Å². The molecule has 0 amide bonds. The molecule has 1 aromatic rings. The van der Waals surface area contributed by atoms with Gasteiger partial charge in [0.2, 0.25) is 0 Å². The van der Waals surface area contributed by atoms with Crippen molar-refractivity contribution in [1.82, 2.24) is 5.32 Å². The van der Waals surface area contributed by atoms with Crippen LogP contribution < -0.4 is 10.6 Å². The highest BCUT2D eigenvalue weighted by Gasteiger charge is 2.08. The highest BCUT2D eigenvalue weighted by molar-refractivity contribution is 7.80. The molecule has 1 rings (SSSR count). The van der Waals surface area contributed by atoms with E-state index in [1.807, 2.05) is 13.8 Å². The van der Waals surface area contributed by atoms with Crippen molar-refractivity contribution in [2.75, 3.05) is 11.9 Å². The average molecular weight is 278 g/mol. The molecular weight excluding hydrogens is 260 g/mol. The van der Waals surface area contributed by atoms with Gasteiger partial charge in [-0.05, 0) is 50.3 Å². The van der Waals surface area contributed by atoms with Gasteiger partial charge in [-0.1, -0.05) is 6.08 Å². The summed E-state index contributed by atoms with van der Waals surface area (Å²) in [5, 5.41) is 6.47. The molecule has 0 fully saturated rings. The third-order valence-corrected chi connectivity index (χ3v) is 2.37. The lowest BCUT2D eigenvalue weighted by atomic mass is 10.2. The van der Waals surface area contributed by atoms with Crippen molar-refractivity contribution in [2.45, 2.75) is 20.0 Å². The maximum absolute atomic E-state index is 11.6. The van der Waals surface area contributed by atoms with Crippen LogP contribution in [0.2, 0.25) is 0 Å². The largest absolute Gasteiger partial charge is 0.459 e. The van der Waals surface area contributed by atoms with E-state index >= 15 is 0 Å². The standard InChI is InChI=1S/C14H18N2O2S/c1-4-9-15-14(19)16-12-7-5-11(6-8-12)13(17)18-10(2)3/h4-8,10H,1,9H2,2-3H3,(H2,15,16,19). The summed E-state index contributed by atoms with van der Waals surface area (Å²) in [7, 11) is 0. The number of hydrogen-bond donors (Lipinski definition) is 2. The average Bonchev–Trinajstić information content (AvgIpc) is 2.36. The van der Waals surface area contributed by atoms with Crippen molar-refractivity contribution in [3.63, 3.8) is 0 Å². The summed E-state index contributed by atoms with van der Waals surface area (Å²) in [4.78, 5) is 11.6. The second-order valence-electron chi connectivity index (χ2n) is 4.16. The van der Waals surface area contributed by atoms with Gasteiger partial charge in [0, 0.05) is 12.2 Å². The molecule has 0 aliphatic rings. The van der Waals surface area contributed by atoms with Crippen LogP contribution in [0.4, 0.5) is 5.69 Å². The minimum absolute atomic E-state index is 0.124. The Morgan fingerprint density at radius 3 is 2.58 bits per heavy atom. The Kier molecular flexibility index (Phi) is 6.02. The van der Waals surface area contributed by atoms with Crippen LogP contribution in [0.5, 0.6) is 0 Å². The summed E-state index contributed by atoms with van der Waals surface area (Å²) in [6, 6.07) is 6.95. The van der Waals surface area contributed by atoms with Crippen molar-refractivity contribution in [1.29, 1.82) is 0 Å². The SMILES string of the molecule is C=CCNC(=S)Nc1ccc(C(=O)OC(C)C)cc1. The predicted molar refractivity (Wildman–Crippen MR) is 81.4 cm³/mol. The first-order valence-electron chi connectivity index (χ1n) is 5.99. The number of ether oxygens (including phenoxy) is 1. The molecule has 0 aliphatic carbocycles. The van der Waals surface area contributed by atoms with Crippen molar-refractivity contribution in [3.05, 3.63) is 42.5 Å². The van der Waals surface area contributed by atoms with E-state index in [0.717, 1.165) is 5.69 Å². The zero-order chi connectivity index (χ0) is 14.3. The molecule has 0 atom stereocenters. The summed E-state index contributed by atoms with van der Waals surface area (Å²) in [5.41, 5.74) is 1.33. The fourth-order valence-corrected chi connectivity index (χ4v) is 1.51. The molecule has 0 heterocycles. The van der Waals surface area contributed by atoms with Gasteiger partial charge in [0.25, 0.3) is 0 Å². The molecule has 5 heteroatoms. The highest BCUT2D eigenvalue weighted by atomic mass is 32.1. The second-order valence-corrected chi connectivity index (χ2v) is 4.56. The lowest BCUT2D eigenvalue weighted by molar-refractivity contribution is 0.0378. The summed E-state index contributed by atoms with van der Waals surface area (Å²) in [6.07, 6.45) is 1.60. The minimum Gasteiger partial charge on any atom is -0.459 e. The number of benzene rings is 1. The van der Waals surface area contributed by atoms with Gasteiger partial charge in [0.05, 0.1) is 11.7 Å². The van der Waals surface area contributed by atoms with E-state index in [4.69, 9.17) is 17.0 Å². The number of hydrogen-bond acceptors (Lipinski definition) is 3. The number of carbonyl (C=O) groups excluding carboxylic acids is 1. The zero-order valence-electron chi connectivity index (χ0n) is 11.1. The van der Waals surface area contributed by atoms with Crippen LogP contribution in [-0.2, 0) is 4.74 Å². The molecule has 0 aromatic heterocycles.